The third-order valence-corrected chi connectivity index (χ3v) is 4.40. The number of nitriles is 1. The van der Waals surface area contributed by atoms with Crippen molar-refractivity contribution in [3.8, 4) is 6.07 Å². The first-order valence-electron chi connectivity index (χ1n) is 10.1. The second-order valence-corrected chi connectivity index (χ2v) is 6.70. The van der Waals surface area contributed by atoms with Crippen LogP contribution in [0.1, 0.15) is 109 Å². The van der Waals surface area contributed by atoms with Crippen molar-refractivity contribution in [1.82, 2.24) is 0 Å². The van der Waals surface area contributed by atoms with Crippen LogP contribution in [0.4, 0.5) is 0 Å². The average molecular weight is 321 g/mol. The molecule has 0 saturated heterocycles. The van der Waals surface area contributed by atoms with Crippen molar-refractivity contribution in [1.29, 1.82) is 5.26 Å². The minimum Gasteiger partial charge on any atom is -0.330 e. The molecule has 0 aliphatic heterocycles. The minimum absolute atomic E-state index is 0.737. The van der Waals surface area contributed by atoms with Crippen LogP contribution in [0, 0.1) is 11.3 Å². The van der Waals surface area contributed by atoms with Crippen LogP contribution >= 0.6 is 0 Å². The van der Waals surface area contributed by atoms with Gasteiger partial charge in [-0.15, -0.1) is 0 Å². The van der Waals surface area contributed by atoms with E-state index in [1.54, 1.807) is 0 Å². The van der Waals surface area contributed by atoms with Gasteiger partial charge in [0.15, 0.2) is 0 Å². The lowest BCUT2D eigenvalue weighted by atomic mass is 10.1. The predicted molar refractivity (Wildman–Crippen MR) is 102 cm³/mol. The van der Waals surface area contributed by atoms with E-state index in [0.717, 1.165) is 19.4 Å². The molecule has 0 saturated carbocycles. The van der Waals surface area contributed by atoms with Gasteiger partial charge in [0.25, 0.3) is 0 Å². The number of allylic oxidation sites excluding steroid dienone is 2. The minimum atomic E-state index is 0.737. The third kappa shape index (κ3) is 21.2. The van der Waals surface area contributed by atoms with Crippen molar-refractivity contribution >= 4 is 0 Å². The maximum atomic E-state index is 8.45. The Balaban J connectivity index is 3.04. The molecule has 0 rings (SSSR count). The van der Waals surface area contributed by atoms with Gasteiger partial charge in [-0.25, -0.2) is 0 Å². The van der Waals surface area contributed by atoms with Crippen molar-refractivity contribution in [2.45, 2.75) is 109 Å². The molecule has 0 atom stereocenters. The van der Waals surface area contributed by atoms with E-state index in [9.17, 15) is 0 Å². The maximum Gasteiger partial charge on any atom is 0.0621 e. The largest absolute Gasteiger partial charge is 0.330 e. The normalized spacial score (nSPS) is 11.1. The number of nitrogens with two attached hydrogens (primary N) is 1. The highest BCUT2D eigenvalue weighted by Crippen LogP contribution is 2.11. The number of rotatable bonds is 18. The van der Waals surface area contributed by atoms with E-state index in [1.807, 2.05) is 0 Å². The highest BCUT2D eigenvalue weighted by molar-refractivity contribution is 4.81. The van der Waals surface area contributed by atoms with Crippen molar-refractivity contribution in [3.05, 3.63) is 12.2 Å². The molecule has 0 aromatic heterocycles. The second kappa shape index (κ2) is 21.2. The third-order valence-electron chi connectivity index (χ3n) is 4.40. The van der Waals surface area contributed by atoms with Crippen LogP contribution in [0.5, 0.6) is 0 Å². The number of hydrogen-bond acceptors (Lipinski definition) is 2. The summed E-state index contributed by atoms with van der Waals surface area (Å²) >= 11 is 0. The summed E-state index contributed by atoms with van der Waals surface area (Å²) in [5.41, 5.74) is 5.49. The van der Waals surface area contributed by atoms with Gasteiger partial charge in [0.05, 0.1) is 6.07 Å². The van der Waals surface area contributed by atoms with Crippen molar-refractivity contribution in [2.75, 3.05) is 6.54 Å². The van der Waals surface area contributed by atoms with E-state index >= 15 is 0 Å². The topological polar surface area (TPSA) is 49.8 Å². The van der Waals surface area contributed by atoms with Gasteiger partial charge < -0.3 is 5.73 Å². The molecule has 0 bridgehead atoms. The maximum absolute atomic E-state index is 8.45. The SMILES string of the molecule is N#CCCCCCCCCCCC=CCCCCCCCCN. The summed E-state index contributed by atoms with van der Waals surface area (Å²) in [5.74, 6) is 0. The summed E-state index contributed by atoms with van der Waals surface area (Å²) in [7, 11) is 0. The summed E-state index contributed by atoms with van der Waals surface area (Å²) < 4.78 is 0. The van der Waals surface area contributed by atoms with Crippen molar-refractivity contribution < 1.29 is 0 Å². The van der Waals surface area contributed by atoms with Gasteiger partial charge in [0, 0.05) is 6.42 Å². The molecule has 0 aliphatic carbocycles. The van der Waals surface area contributed by atoms with Crippen LogP contribution in [0.25, 0.3) is 0 Å². The summed E-state index contributed by atoms with van der Waals surface area (Å²) in [6.07, 6.45) is 26.5. The zero-order valence-electron chi connectivity index (χ0n) is 15.4. The van der Waals surface area contributed by atoms with Gasteiger partial charge in [-0.3, -0.25) is 0 Å². The summed E-state index contributed by atoms with van der Waals surface area (Å²) in [5, 5.41) is 8.45. The molecule has 2 nitrogen and oxygen atoms in total. The first-order valence-corrected chi connectivity index (χ1v) is 10.1. The Morgan fingerprint density at radius 2 is 0.957 bits per heavy atom. The highest BCUT2D eigenvalue weighted by Gasteiger charge is 1.92. The molecule has 2 heteroatoms. The summed E-state index contributed by atoms with van der Waals surface area (Å²) in [6, 6.07) is 2.21. The van der Waals surface area contributed by atoms with Gasteiger partial charge >= 0.3 is 0 Å². The fourth-order valence-electron chi connectivity index (χ4n) is 2.88. The zero-order valence-corrected chi connectivity index (χ0v) is 15.4. The van der Waals surface area contributed by atoms with E-state index in [2.05, 4.69) is 18.2 Å². The van der Waals surface area contributed by atoms with Crippen LogP contribution in [-0.2, 0) is 0 Å². The number of nitrogens with zero attached hydrogens (tertiary/aromatic N) is 1. The molecular weight excluding hydrogens is 280 g/mol. The molecule has 0 fully saturated rings. The molecular formula is C21H40N2. The van der Waals surface area contributed by atoms with Crippen LogP contribution in [0.15, 0.2) is 12.2 Å². The molecule has 2 N–H and O–H groups in total. The quantitative estimate of drug-likeness (QED) is 0.227. The van der Waals surface area contributed by atoms with Gasteiger partial charge in [0.2, 0.25) is 0 Å². The zero-order chi connectivity index (χ0) is 16.8. The molecule has 0 unspecified atom stereocenters. The van der Waals surface area contributed by atoms with Gasteiger partial charge in [-0.1, -0.05) is 76.4 Å². The van der Waals surface area contributed by atoms with E-state index in [-0.39, 0.29) is 0 Å². The van der Waals surface area contributed by atoms with Gasteiger partial charge in [0.1, 0.15) is 0 Å². The van der Waals surface area contributed by atoms with Crippen LogP contribution in [0.3, 0.4) is 0 Å². The van der Waals surface area contributed by atoms with E-state index in [0.29, 0.717) is 0 Å². The Morgan fingerprint density at radius 1 is 0.565 bits per heavy atom. The fourth-order valence-corrected chi connectivity index (χ4v) is 2.88. The molecule has 0 aromatic carbocycles. The van der Waals surface area contributed by atoms with Crippen LogP contribution < -0.4 is 5.73 Å². The lowest BCUT2D eigenvalue weighted by Gasteiger charge is -2.00. The summed E-state index contributed by atoms with van der Waals surface area (Å²) in [4.78, 5) is 0. The first kappa shape index (κ1) is 22.2. The monoisotopic (exact) mass is 320 g/mol. The number of unbranched alkanes of at least 4 members (excludes halogenated alkanes) is 15. The predicted octanol–water partition coefficient (Wildman–Crippen LogP) is 6.66. The van der Waals surface area contributed by atoms with Crippen LogP contribution in [-0.4, -0.2) is 6.54 Å². The number of hydrogen-bond donors (Lipinski definition) is 1. The molecule has 0 aromatic rings. The Kier molecular flexibility index (Phi) is 20.4. The van der Waals surface area contributed by atoms with E-state index in [4.69, 9.17) is 11.0 Å². The first-order chi connectivity index (χ1) is 11.4. The molecule has 0 heterocycles. The summed E-state index contributed by atoms with van der Waals surface area (Å²) in [6.45, 7) is 0.852. The lowest BCUT2D eigenvalue weighted by molar-refractivity contribution is 0.571. The Bertz CT molecular complexity index is 278. The fraction of sp³-hybridized carbons (Fsp3) is 0.857. The molecule has 134 valence electrons. The lowest BCUT2D eigenvalue weighted by Crippen LogP contribution is -1.97. The van der Waals surface area contributed by atoms with Crippen molar-refractivity contribution in [2.24, 2.45) is 5.73 Å². The molecule has 0 aliphatic rings. The van der Waals surface area contributed by atoms with E-state index in [1.165, 1.54) is 96.3 Å². The van der Waals surface area contributed by atoms with Gasteiger partial charge in [-0.2, -0.15) is 5.26 Å². The van der Waals surface area contributed by atoms with E-state index < -0.39 is 0 Å². The molecule has 0 radical (unpaired) electrons. The molecule has 23 heavy (non-hydrogen) atoms. The Morgan fingerprint density at radius 3 is 1.39 bits per heavy atom. The molecule has 0 spiro atoms. The van der Waals surface area contributed by atoms with Gasteiger partial charge in [-0.05, 0) is 45.1 Å². The highest BCUT2D eigenvalue weighted by atomic mass is 14.5. The van der Waals surface area contributed by atoms with Crippen LogP contribution in [0.2, 0.25) is 0 Å². The van der Waals surface area contributed by atoms with Crippen molar-refractivity contribution in [3.63, 3.8) is 0 Å². The average Bonchev–Trinajstić information content (AvgIpc) is 2.57. The molecule has 0 amide bonds. The Labute approximate surface area is 145 Å². The second-order valence-electron chi connectivity index (χ2n) is 6.70. The smallest absolute Gasteiger partial charge is 0.0621 e. The Hall–Kier alpha value is -0.810. The standard InChI is InChI=1S/C21H40N2/c22-20-18-16-14-12-10-8-6-4-2-1-3-5-7-9-11-13-15-17-19-21-23/h2,4H,1,3,5-20,22H2.